The van der Waals surface area contributed by atoms with Crippen LogP contribution in [-0.2, 0) is 35.2 Å². The summed E-state index contributed by atoms with van der Waals surface area (Å²) in [5.74, 6) is -2.75. The molecular formula is C54H48ClN9O7. The molecule has 4 amide bonds. The lowest BCUT2D eigenvalue weighted by molar-refractivity contribution is -0.168. The van der Waals surface area contributed by atoms with E-state index in [0.717, 1.165) is 10.9 Å². The van der Waals surface area contributed by atoms with Crippen molar-refractivity contribution in [3.63, 3.8) is 0 Å². The van der Waals surface area contributed by atoms with Gasteiger partial charge < -0.3 is 39.3 Å². The summed E-state index contributed by atoms with van der Waals surface area (Å²) in [7, 11) is 5.51. The van der Waals surface area contributed by atoms with Gasteiger partial charge in [-0.05, 0) is 60.8 Å². The van der Waals surface area contributed by atoms with E-state index in [-0.39, 0.29) is 45.2 Å². The molecule has 3 N–H and O–H groups in total. The molecule has 0 unspecified atom stereocenters. The average Bonchev–Trinajstić information content (AvgIpc) is 4.13. The number of hydrogen-bond acceptors (Lipinski definition) is 12. The number of aromatic nitrogens is 4. The second kappa shape index (κ2) is 18.9. The number of benzene rings is 5. The molecule has 16 nitrogen and oxygen atoms in total. The third-order valence-corrected chi connectivity index (χ3v) is 13.4. The SMILES string of the molecule is COCCOCCOc1cccc2c(C3=C(c4c(Cl)ccc5ccc(CN(C)C)cc45)C(=O)N(N4C(=O)C(c5nc(N6CCNCC6)nc6ccccc56)=C(c5c[nH]c6ccccc56)C4=O)C3=O)c[nH]c12. The first kappa shape index (κ1) is 45.7. The number of piperazine rings is 1. The van der Waals surface area contributed by atoms with Gasteiger partial charge in [0.1, 0.15) is 12.4 Å². The normalized spacial score (nSPS) is 15.8. The molecule has 1 fully saturated rings. The number of nitrogens with zero attached hydrogens (tertiary/aromatic N) is 6. The van der Waals surface area contributed by atoms with Gasteiger partial charge in [-0.2, -0.15) is 10.0 Å². The van der Waals surface area contributed by atoms with Crippen molar-refractivity contribution in [2.24, 2.45) is 0 Å². The molecule has 0 saturated carbocycles. The second-order valence-electron chi connectivity index (χ2n) is 17.8. The molecule has 3 aromatic heterocycles. The maximum Gasteiger partial charge on any atom is 0.283 e. The molecule has 3 aliphatic rings. The summed E-state index contributed by atoms with van der Waals surface area (Å²) in [5, 5.41) is 7.97. The zero-order chi connectivity index (χ0) is 48.9. The maximum atomic E-state index is 15.8. The molecule has 0 atom stereocenters. The third kappa shape index (κ3) is 7.99. The number of carbonyl (C=O) groups excluding carboxylic acids is 4. The van der Waals surface area contributed by atoms with Crippen molar-refractivity contribution in [2.75, 3.05) is 78.7 Å². The average molecular weight is 970 g/mol. The number of methoxy groups -OCH3 is 1. The fraction of sp³-hybridized carbons (Fsp3) is 0.222. The number of nitrogens with one attached hydrogen (secondary N) is 3. The van der Waals surface area contributed by atoms with E-state index >= 15 is 19.2 Å². The van der Waals surface area contributed by atoms with Gasteiger partial charge >= 0.3 is 0 Å². The predicted octanol–water partition coefficient (Wildman–Crippen LogP) is 7.09. The minimum absolute atomic E-state index is 0.0326. The summed E-state index contributed by atoms with van der Waals surface area (Å²) in [6.45, 7) is 4.56. The minimum atomic E-state index is -0.914. The quantitative estimate of drug-likeness (QED) is 0.0704. The van der Waals surface area contributed by atoms with Gasteiger partial charge in [-0.1, -0.05) is 78.3 Å². The number of para-hydroxylation sites is 3. The van der Waals surface area contributed by atoms with E-state index in [2.05, 4.69) is 15.3 Å². The van der Waals surface area contributed by atoms with Crippen molar-refractivity contribution in [1.29, 1.82) is 0 Å². The van der Waals surface area contributed by atoms with E-state index in [1.165, 1.54) is 0 Å². The van der Waals surface area contributed by atoms with Crippen LogP contribution in [0, 0.1) is 0 Å². The van der Waals surface area contributed by atoms with Crippen LogP contribution in [0.4, 0.5) is 5.95 Å². The molecule has 0 aliphatic carbocycles. The summed E-state index contributed by atoms with van der Waals surface area (Å²) in [5.41, 5.74) is 3.69. The van der Waals surface area contributed by atoms with Crippen LogP contribution in [-0.4, -0.2) is 132 Å². The molecule has 11 rings (SSSR count). The molecule has 6 heterocycles. The van der Waals surface area contributed by atoms with Gasteiger partial charge in [-0.15, -0.1) is 0 Å². The van der Waals surface area contributed by atoms with Gasteiger partial charge in [0.25, 0.3) is 23.6 Å². The van der Waals surface area contributed by atoms with Crippen LogP contribution in [0.5, 0.6) is 5.75 Å². The molecule has 71 heavy (non-hydrogen) atoms. The maximum absolute atomic E-state index is 15.8. The summed E-state index contributed by atoms with van der Waals surface area (Å²) >= 11 is 7.22. The second-order valence-corrected chi connectivity index (χ2v) is 18.2. The van der Waals surface area contributed by atoms with Crippen molar-refractivity contribution in [1.82, 2.24) is 40.2 Å². The Hall–Kier alpha value is -7.73. The number of fused-ring (bicyclic) bond motifs is 4. The monoisotopic (exact) mass is 969 g/mol. The van der Waals surface area contributed by atoms with E-state index in [1.54, 1.807) is 43.8 Å². The van der Waals surface area contributed by atoms with Crippen LogP contribution >= 0.6 is 11.6 Å². The van der Waals surface area contributed by atoms with Gasteiger partial charge in [0.05, 0.1) is 58.8 Å². The van der Waals surface area contributed by atoms with Crippen molar-refractivity contribution in [3.05, 3.63) is 142 Å². The van der Waals surface area contributed by atoms with Crippen LogP contribution in [0.15, 0.2) is 109 Å². The first-order chi connectivity index (χ1) is 34.6. The zero-order valence-corrected chi connectivity index (χ0v) is 39.9. The number of anilines is 1. The summed E-state index contributed by atoms with van der Waals surface area (Å²) in [6, 6.07) is 29.5. The summed E-state index contributed by atoms with van der Waals surface area (Å²) in [4.78, 5) is 83.7. The molecule has 0 spiro atoms. The van der Waals surface area contributed by atoms with Crippen LogP contribution < -0.4 is 15.0 Å². The molecule has 5 aromatic carbocycles. The van der Waals surface area contributed by atoms with Crippen LogP contribution in [0.25, 0.3) is 65.8 Å². The van der Waals surface area contributed by atoms with Crippen molar-refractivity contribution >= 4 is 107 Å². The molecule has 17 heteroatoms. The molecule has 1 saturated heterocycles. The Labute approximate surface area is 412 Å². The molecule has 0 radical (unpaired) electrons. The van der Waals surface area contributed by atoms with Gasteiger partial charge in [0.2, 0.25) is 5.95 Å². The van der Waals surface area contributed by atoms with Crippen molar-refractivity contribution in [3.8, 4) is 5.75 Å². The Bertz CT molecular complexity index is 3550. The van der Waals surface area contributed by atoms with Gasteiger partial charge in [-0.3, -0.25) is 19.2 Å². The first-order valence-electron chi connectivity index (χ1n) is 23.3. The molecule has 3 aliphatic heterocycles. The number of imide groups is 2. The minimum Gasteiger partial charge on any atom is -0.489 e. The standard InChI is InChI=1S/C54H48ClN9O7/c1-61(2)30-31-15-16-32-17-18-39(55)43(36(32)27-31)46-44(38-29-58-48-34(38)11-8-14-42(48)71-26-25-70-24-23-69-3)50(65)63(52(46)67)64-51(66)45(37-28-57-40-12-6-4-9-33(37)40)47(53(64)68)49-35-10-5-7-13-41(35)59-54(60-49)62-21-19-56-20-22-62/h4-18,27-29,56-58H,19-26,30H2,1-3H3. The molecule has 358 valence electrons. The lowest BCUT2D eigenvalue weighted by Crippen LogP contribution is -2.51. The number of rotatable bonds is 15. The number of hydrogen-bond donors (Lipinski definition) is 3. The Morgan fingerprint density at radius 1 is 0.662 bits per heavy atom. The largest absolute Gasteiger partial charge is 0.489 e. The number of H-pyrrole nitrogens is 2. The highest BCUT2D eigenvalue weighted by Crippen LogP contribution is 2.48. The number of halogens is 1. The molecule has 0 bridgehead atoms. The van der Waals surface area contributed by atoms with Gasteiger partial charge in [-0.25, -0.2) is 9.97 Å². The lowest BCUT2D eigenvalue weighted by atomic mass is 9.91. The van der Waals surface area contributed by atoms with E-state index in [9.17, 15) is 0 Å². The van der Waals surface area contributed by atoms with Crippen molar-refractivity contribution < 1.29 is 33.4 Å². The topological polar surface area (TPSA) is 178 Å². The fourth-order valence-corrected chi connectivity index (χ4v) is 10.1. The predicted molar refractivity (Wildman–Crippen MR) is 273 cm³/mol. The molecular weight excluding hydrogens is 922 g/mol. The van der Waals surface area contributed by atoms with E-state index in [4.69, 9.17) is 35.8 Å². The van der Waals surface area contributed by atoms with Crippen LogP contribution in [0.1, 0.15) is 27.9 Å². The number of hydrazine groups is 1. The number of carbonyl (C=O) groups is 4. The zero-order valence-electron chi connectivity index (χ0n) is 39.2. The van der Waals surface area contributed by atoms with Crippen LogP contribution in [0.2, 0.25) is 5.02 Å². The van der Waals surface area contributed by atoms with E-state index in [0.29, 0.717) is 123 Å². The van der Waals surface area contributed by atoms with E-state index < -0.39 is 23.6 Å². The number of aromatic amines is 2. The lowest BCUT2D eigenvalue weighted by Gasteiger charge is -2.28. The highest BCUT2D eigenvalue weighted by atomic mass is 35.5. The highest BCUT2D eigenvalue weighted by Gasteiger charge is 2.53. The third-order valence-electron chi connectivity index (χ3n) is 13.1. The van der Waals surface area contributed by atoms with Crippen LogP contribution in [0.3, 0.4) is 0 Å². The Morgan fingerprint density at radius 2 is 1.32 bits per heavy atom. The Morgan fingerprint density at radius 3 is 2.11 bits per heavy atom. The summed E-state index contributed by atoms with van der Waals surface area (Å²) < 4.78 is 16.9. The Balaban J connectivity index is 1.10. The highest BCUT2D eigenvalue weighted by molar-refractivity contribution is 6.56. The number of amides is 4. The molecule has 8 aromatic rings. The van der Waals surface area contributed by atoms with E-state index in [1.807, 2.05) is 96.7 Å². The smallest absolute Gasteiger partial charge is 0.283 e. The van der Waals surface area contributed by atoms with Gasteiger partial charge in [0, 0.05) is 95.6 Å². The Kier molecular flexibility index (Phi) is 12.2. The fourth-order valence-electron chi connectivity index (χ4n) is 9.86. The first-order valence-corrected chi connectivity index (χ1v) is 23.7. The summed E-state index contributed by atoms with van der Waals surface area (Å²) in [6.07, 6.45) is 3.29. The number of ether oxygens (including phenoxy) is 3. The van der Waals surface area contributed by atoms with Gasteiger partial charge in [0.15, 0.2) is 0 Å². The van der Waals surface area contributed by atoms with Crippen molar-refractivity contribution in [2.45, 2.75) is 6.54 Å².